The highest BCUT2D eigenvalue weighted by Gasteiger charge is 2.45. The van der Waals surface area contributed by atoms with Crippen LogP contribution in [0.5, 0.6) is 0 Å². The van der Waals surface area contributed by atoms with Gasteiger partial charge in [0.2, 0.25) is 0 Å². The maximum absolute atomic E-state index is 13.4. The van der Waals surface area contributed by atoms with Crippen molar-refractivity contribution in [3.63, 3.8) is 0 Å². The molecule has 3 rings (SSSR count). The number of carbonyl (C=O) groups excluding carboxylic acids is 1. The van der Waals surface area contributed by atoms with Crippen LogP contribution in [-0.4, -0.2) is 34.7 Å². The summed E-state index contributed by atoms with van der Waals surface area (Å²) in [6, 6.07) is 14.1. The summed E-state index contributed by atoms with van der Waals surface area (Å²) in [4.78, 5) is 15.1. The molecule has 1 heterocycles. The van der Waals surface area contributed by atoms with Gasteiger partial charge in [0.1, 0.15) is 12.2 Å². The van der Waals surface area contributed by atoms with E-state index in [9.17, 15) is 9.90 Å². The summed E-state index contributed by atoms with van der Waals surface area (Å²) < 4.78 is 6.31. The quantitative estimate of drug-likeness (QED) is 0.598. The number of ether oxygens (including phenoxy) is 1. The van der Waals surface area contributed by atoms with E-state index >= 15 is 0 Å². The van der Waals surface area contributed by atoms with Gasteiger partial charge in [-0.05, 0) is 41.8 Å². The molecule has 0 unspecified atom stereocenters. The van der Waals surface area contributed by atoms with Crippen molar-refractivity contribution in [2.45, 2.75) is 44.1 Å². The zero-order chi connectivity index (χ0) is 21.0. The second kappa shape index (κ2) is 9.77. The van der Waals surface area contributed by atoms with Crippen molar-refractivity contribution in [2.75, 3.05) is 6.61 Å². The van der Waals surface area contributed by atoms with Crippen molar-refractivity contribution in [1.29, 1.82) is 0 Å². The van der Waals surface area contributed by atoms with E-state index < -0.39 is 18.2 Å². The van der Waals surface area contributed by atoms with E-state index in [0.29, 0.717) is 22.9 Å². The third kappa shape index (κ3) is 4.67. The van der Waals surface area contributed by atoms with Crippen molar-refractivity contribution in [3.05, 3.63) is 82.4 Å². The monoisotopic (exact) mass is 433 g/mol. The van der Waals surface area contributed by atoms with Crippen LogP contribution in [0.3, 0.4) is 0 Å². The Morgan fingerprint density at radius 2 is 1.90 bits per heavy atom. The lowest BCUT2D eigenvalue weighted by molar-refractivity contribution is -0.180. The van der Waals surface area contributed by atoms with Gasteiger partial charge >= 0.3 is 0 Å². The highest BCUT2D eigenvalue weighted by molar-refractivity contribution is 6.30. The lowest BCUT2D eigenvalue weighted by Crippen LogP contribution is -2.55. The first kappa shape index (κ1) is 21.8. The number of halogens is 2. The molecule has 4 nitrogen and oxygen atoms in total. The van der Waals surface area contributed by atoms with Gasteiger partial charge < -0.3 is 14.7 Å². The minimum Gasteiger partial charge on any atom is -0.394 e. The smallest absolute Gasteiger partial charge is 0.253 e. The van der Waals surface area contributed by atoms with Gasteiger partial charge in [-0.1, -0.05) is 60.5 Å². The number of aliphatic hydroxyl groups excluding tert-OH is 1. The van der Waals surface area contributed by atoms with Crippen LogP contribution in [0.1, 0.15) is 43.0 Å². The lowest BCUT2D eigenvalue weighted by Gasteiger charge is -2.47. The third-order valence-electron chi connectivity index (χ3n) is 5.27. The van der Waals surface area contributed by atoms with Gasteiger partial charge in [0.25, 0.3) is 5.91 Å². The van der Waals surface area contributed by atoms with Gasteiger partial charge in [0, 0.05) is 16.5 Å². The van der Waals surface area contributed by atoms with Crippen LogP contribution < -0.4 is 0 Å². The van der Waals surface area contributed by atoms with Crippen molar-refractivity contribution in [2.24, 2.45) is 0 Å². The van der Waals surface area contributed by atoms with E-state index in [1.165, 1.54) is 0 Å². The summed E-state index contributed by atoms with van der Waals surface area (Å²) in [5.41, 5.74) is 1.76. The van der Waals surface area contributed by atoms with Gasteiger partial charge in [-0.2, -0.15) is 0 Å². The number of nitrogens with zero attached hydrogens (tertiary/aromatic N) is 1. The van der Waals surface area contributed by atoms with Crippen LogP contribution in [0.2, 0.25) is 10.0 Å². The SMILES string of the molecule is C=CC[C@H]1O[C@H](c2cccc(Cl)c2)[C@@H](c2ccc(Cl)cc2)N([C@@H](CC)CO)C1=O. The molecular weight excluding hydrogens is 409 g/mol. The number of hydrogen-bond donors (Lipinski definition) is 1. The highest BCUT2D eigenvalue weighted by Crippen LogP contribution is 2.44. The topological polar surface area (TPSA) is 49.8 Å². The summed E-state index contributed by atoms with van der Waals surface area (Å²) in [7, 11) is 0. The van der Waals surface area contributed by atoms with Gasteiger partial charge in [-0.25, -0.2) is 0 Å². The molecule has 1 aliphatic rings. The fourth-order valence-corrected chi connectivity index (χ4v) is 4.15. The number of benzene rings is 2. The number of morpholine rings is 1. The predicted octanol–water partition coefficient (Wildman–Crippen LogP) is 5.35. The summed E-state index contributed by atoms with van der Waals surface area (Å²) in [5, 5.41) is 11.2. The number of amides is 1. The Bertz CT molecular complexity index is 851. The molecule has 1 saturated heterocycles. The van der Waals surface area contributed by atoms with Crippen LogP contribution in [0.15, 0.2) is 61.2 Å². The maximum Gasteiger partial charge on any atom is 0.253 e. The second-order valence-corrected chi connectivity index (χ2v) is 7.98. The molecule has 4 atom stereocenters. The molecule has 1 N–H and O–H groups in total. The molecule has 2 aromatic carbocycles. The average molecular weight is 434 g/mol. The van der Waals surface area contributed by atoms with E-state index in [1.807, 2.05) is 37.3 Å². The first-order valence-corrected chi connectivity index (χ1v) is 10.5. The number of aliphatic hydroxyl groups is 1. The number of carbonyl (C=O) groups is 1. The Hall–Kier alpha value is -1.85. The molecular formula is C23H25Cl2NO3. The van der Waals surface area contributed by atoms with Crippen LogP contribution in [0.4, 0.5) is 0 Å². The zero-order valence-corrected chi connectivity index (χ0v) is 17.8. The summed E-state index contributed by atoms with van der Waals surface area (Å²) in [6.07, 6.45) is 1.58. The lowest BCUT2D eigenvalue weighted by atomic mass is 9.89. The van der Waals surface area contributed by atoms with Crippen molar-refractivity contribution in [3.8, 4) is 0 Å². The molecule has 29 heavy (non-hydrogen) atoms. The molecule has 1 amide bonds. The second-order valence-electron chi connectivity index (χ2n) is 7.11. The fourth-order valence-electron chi connectivity index (χ4n) is 3.83. The van der Waals surface area contributed by atoms with Crippen LogP contribution in [0, 0.1) is 0 Å². The van der Waals surface area contributed by atoms with E-state index in [2.05, 4.69) is 6.58 Å². The van der Waals surface area contributed by atoms with E-state index in [0.717, 1.165) is 11.1 Å². The molecule has 0 spiro atoms. The van der Waals surface area contributed by atoms with Gasteiger partial charge in [-0.3, -0.25) is 4.79 Å². The molecule has 1 aliphatic heterocycles. The minimum absolute atomic E-state index is 0.130. The molecule has 0 aromatic heterocycles. The Kier molecular flexibility index (Phi) is 7.36. The number of hydrogen-bond acceptors (Lipinski definition) is 3. The van der Waals surface area contributed by atoms with Crippen LogP contribution >= 0.6 is 23.2 Å². The third-order valence-corrected chi connectivity index (χ3v) is 5.76. The summed E-state index contributed by atoms with van der Waals surface area (Å²) in [5.74, 6) is -0.149. The Morgan fingerprint density at radius 1 is 1.17 bits per heavy atom. The Labute approximate surface area is 181 Å². The van der Waals surface area contributed by atoms with Gasteiger partial charge in [-0.15, -0.1) is 6.58 Å². The summed E-state index contributed by atoms with van der Waals surface area (Å²) in [6.45, 7) is 5.59. The molecule has 0 saturated carbocycles. The van der Waals surface area contributed by atoms with Gasteiger partial charge in [0.05, 0.1) is 18.7 Å². The Balaban J connectivity index is 2.16. The van der Waals surface area contributed by atoms with Crippen molar-refractivity contribution >= 4 is 29.1 Å². The van der Waals surface area contributed by atoms with Crippen LogP contribution in [-0.2, 0) is 9.53 Å². The first-order valence-electron chi connectivity index (χ1n) is 9.70. The average Bonchev–Trinajstić information content (AvgIpc) is 2.72. The molecule has 0 aliphatic carbocycles. The highest BCUT2D eigenvalue weighted by atomic mass is 35.5. The molecule has 6 heteroatoms. The molecule has 154 valence electrons. The van der Waals surface area contributed by atoms with Crippen molar-refractivity contribution < 1.29 is 14.6 Å². The standard InChI is InChI=1S/C23H25Cl2NO3/c1-3-6-20-23(28)26(19(4-2)14-27)21(15-9-11-17(24)12-10-15)22(29-20)16-7-5-8-18(25)13-16/h3,5,7-13,19-22,27H,1,4,6,14H2,2H3/t19-,20+,21+,22+/m0/s1. The van der Waals surface area contributed by atoms with E-state index in [4.69, 9.17) is 27.9 Å². The molecule has 2 aromatic rings. The zero-order valence-electron chi connectivity index (χ0n) is 16.3. The van der Waals surface area contributed by atoms with E-state index in [1.54, 1.807) is 29.2 Å². The van der Waals surface area contributed by atoms with Crippen LogP contribution in [0.25, 0.3) is 0 Å². The minimum atomic E-state index is -0.666. The van der Waals surface area contributed by atoms with Gasteiger partial charge in [0.15, 0.2) is 0 Å². The normalized spacial score (nSPS) is 23.1. The Morgan fingerprint density at radius 3 is 2.48 bits per heavy atom. The van der Waals surface area contributed by atoms with Crippen molar-refractivity contribution in [1.82, 2.24) is 4.90 Å². The van der Waals surface area contributed by atoms with E-state index in [-0.39, 0.29) is 18.6 Å². The summed E-state index contributed by atoms with van der Waals surface area (Å²) >= 11 is 12.3. The maximum atomic E-state index is 13.4. The molecule has 0 radical (unpaired) electrons. The number of rotatable bonds is 7. The predicted molar refractivity (Wildman–Crippen MR) is 116 cm³/mol. The largest absolute Gasteiger partial charge is 0.394 e. The molecule has 0 bridgehead atoms. The first-order chi connectivity index (χ1) is 14.0. The fraction of sp³-hybridized carbons (Fsp3) is 0.348. The molecule has 1 fully saturated rings.